The Labute approximate surface area is 121 Å². The number of para-hydroxylation sites is 1. The van der Waals surface area contributed by atoms with E-state index in [1.54, 1.807) is 24.5 Å². The van der Waals surface area contributed by atoms with Gasteiger partial charge >= 0.3 is 0 Å². The van der Waals surface area contributed by atoms with Crippen molar-refractivity contribution in [3.63, 3.8) is 0 Å². The number of aromatic amines is 1. The number of benzene rings is 2. The molecule has 3 N–H and O–H groups in total. The summed E-state index contributed by atoms with van der Waals surface area (Å²) < 4.78 is 0. The maximum absolute atomic E-state index is 12.1. The minimum Gasteiger partial charge on any atom is -0.388 e. The summed E-state index contributed by atoms with van der Waals surface area (Å²) in [5.74, 6) is -0.248. The number of anilines is 1. The summed E-state index contributed by atoms with van der Waals surface area (Å²) in [6.45, 7) is 0. The van der Waals surface area contributed by atoms with E-state index in [9.17, 15) is 9.90 Å². The molecule has 0 aliphatic heterocycles. The molecular weight excluding hydrogens is 266 g/mol. The van der Waals surface area contributed by atoms with Crippen LogP contribution in [0.4, 0.5) is 5.69 Å². The summed E-state index contributed by atoms with van der Waals surface area (Å²) in [4.78, 5) is 19.2. The third-order valence-electron chi connectivity index (χ3n) is 3.29. The van der Waals surface area contributed by atoms with E-state index < -0.39 is 6.10 Å². The molecule has 1 unspecified atom stereocenters. The highest BCUT2D eigenvalue weighted by molar-refractivity contribution is 5.99. The molecule has 3 rings (SSSR count). The van der Waals surface area contributed by atoms with Crippen LogP contribution in [-0.2, 0) is 4.79 Å². The summed E-state index contributed by atoms with van der Waals surface area (Å²) in [6, 6.07) is 14.6. The van der Waals surface area contributed by atoms with Crippen LogP contribution in [0.1, 0.15) is 18.1 Å². The average molecular weight is 281 g/mol. The van der Waals surface area contributed by atoms with Crippen LogP contribution >= 0.6 is 0 Å². The smallest absolute Gasteiger partial charge is 0.227 e. The molecule has 106 valence electrons. The topological polar surface area (TPSA) is 78.0 Å². The molecule has 0 radical (unpaired) electrons. The monoisotopic (exact) mass is 281 g/mol. The first-order valence-corrected chi connectivity index (χ1v) is 6.69. The highest BCUT2D eigenvalue weighted by Crippen LogP contribution is 2.21. The number of fused-ring (bicyclic) bond motifs is 1. The molecule has 5 heteroatoms. The summed E-state index contributed by atoms with van der Waals surface area (Å²) in [5, 5.41) is 12.8. The molecule has 1 amide bonds. The lowest BCUT2D eigenvalue weighted by Gasteiger charge is -2.11. The minimum atomic E-state index is -0.815. The Bertz CT molecular complexity index is 752. The Kier molecular flexibility index (Phi) is 3.66. The second-order valence-electron chi connectivity index (χ2n) is 4.78. The standard InChI is InChI=1S/C16H15N3O2/c20-14(11-5-2-1-3-6-11)9-15(21)19-13-8-4-7-12-16(13)18-10-17-12/h1-8,10,14,20H,9H2,(H,17,18)(H,19,21). The van der Waals surface area contributed by atoms with E-state index in [2.05, 4.69) is 15.3 Å². The lowest BCUT2D eigenvalue weighted by atomic mass is 10.1. The molecule has 0 aliphatic carbocycles. The number of aliphatic hydroxyl groups excluding tert-OH is 1. The number of nitrogens with zero attached hydrogens (tertiary/aromatic N) is 1. The van der Waals surface area contributed by atoms with Gasteiger partial charge in [0.2, 0.25) is 5.91 Å². The molecular formula is C16H15N3O2. The Morgan fingerprint density at radius 1 is 1.19 bits per heavy atom. The van der Waals surface area contributed by atoms with Gasteiger partial charge in [-0.05, 0) is 17.7 Å². The number of hydrogen-bond donors (Lipinski definition) is 3. The van der Waals surface area contributed by atoms with Gasteiger partial charge in [0.15, 0.2) is 0 Å². The van der Waals surface area contributed by atoms with Gasteiger partial charge in [-0.2, -0.15) is 0 Å². The molecule has 0 saturated heterocycles. The summed E-state index contributed by atoms with van der Waals surface area (Å²) in [6.07, 6.45) is 0.772. The van der Waals surface area contributed by atoms with Gasteiger partial charge in [-0.25, -0.2) is 4.98 Å². The Balaban J connectivity index is 1.71. The second kappa shape index (κ2) is 5.76. The van der Waals surface area contributed by atoms with Crippen molar-refractivity contribution in [1.82, 2.24) is 9.97 Å². The number of hydrogen-bond acceptors (Lipinski definition) is 3. The molecule has 1 atom stereocenters. The fourth-order valence-electron chi connectivity index (χ4n) is 2.24. The van der Waals surface area contributed by atoms with Crippen molar-refractivity contribution in [2.45, 2.75) is 12.5 Å². The number of aliphatic hydroxyl groups is 1. The minimum absolute atomic E-state index is 0.00479. The number of imidazole rings is 1. The number of carbonyl (C=O) groups excluding carboxylic acids is 1. The maximum Gasteiger partial charge on any atom is 0.227 e. The lowest BCUT2D eigenvalue weighted by molar-refractivity contribution is -0.118. The van der Waals surface area contributed by atoms with Crippen molar-refractivity contribution >= 4 is 22.6 Å². The molecule has 1 heterocycles. The van der Waals surface area contributed by atoms with Crippen LogP contribution in [0.25, 0.3) is 11.0 Å². The number of amides is 1. The molecule has 0 aliphatic rings. The van der Waals surface area contributed by atoms with Crippen LogP contribution in [0.3, 0.4) is 0 Å². The van der Waals surface area contributed by atoms with E-state index >= 15 is 0 Å². The Morgan fingerprint density at radius 2 is 2.00 bits per heavy atom. The molecule has 3 aromatic rings. The van der Waals surface area contributed by atoms with Gasteiger partial charge in [0.05, 0.1) is 30.1 Å². The maximum atomic E-state index is 12.1. The highest BCUT2D eigenvalue weighted by Gasteiger charge is 2.14. The van der Waals surface area contributed by atoms with Crippen LogP contribution in [0.5, 0.6) is 0 Å². The molecule has 0 spiro atoms. The van der Waals surface area contributed by atoms with Gasteiger partial charge in [-0.3, -0.25) is 4.79 Å². The third-order valence-corrected chi connectivity index (χ3v) is 3.29. The average Bonchev–Trinajstić information content (AvgIpc) is 2.97. The van der Waals surface area contributed by atoms with Gasteiger partial charge in [-0.15, -0.1) is 0 Å². The quantitative estimate of drug-likeness (QED) is 0.688. The van der Waals surface area contributed by atoms with E-state index in [-0.39, 0.29) is 12.3 Å². The third kappa shape index (κ3) is 2.93. The highest BCUT2D eigenvalue weighted by atomic mass is 16.3. The zero-order chi connectivity index (χ0) is 14.7. The number of nitrogens with one attached hydrogen (secondary N) is 2. The summed E-state index contributed by atoms with van der Waals surface area (Å²) in [7, 11) is 0. The fourth-order valence-corrected chi connectivity index (χ4v) is 2.24. The summed E-state index contributed by atoms with van der Waals surface area (Å²) >= 11 is 0. The van der Waals surface area contributed by atoms with Crippen molar-refractivity contribution in [3.05, 3.63) is 60.4 Å². The van der Waals surface area contributed by atoms with E-state index in [0.29, 0.717) is 11.2 Å². The molecule has 0 fully saturated rings. The molecule has 0 bridgehead atoms. The van der Waals surface area contributed by atoms with Crippen molar-refractivity contribution in [1.29, 1.82) is 0 Å². The largest absolute Gasteiger partial charge is 0.388 e. The van der Waals surface area contributed by atoms with Crippen molar-refractivity contribution < 1.29 is 9.90 Å². The van der Waals surface area contributed by atoms with Crippen LogP contribution in [0.2, 0.25) is 0 Å². The van der Waals surface area contributed by atoms with Gasteiger partial charge in [-0.1, -0.05) is 36.4 Å². The van der Waals surface area contributed by atoms with Crippen molar-refractivity contribution in [3.8, 4) is 0 Å². The van der Waals surface area contributed by atoms with Gasteiger partial charge < -0.3 is 15.4 Å². The molecule has 1 aromatic heterocycles. The predicted molar refractivity (Wildman–Crippen MR) is 80.7 cm³/mol. The first kappa shape index (κ1) is 13.3. The van der Waals surface area contributed by atoms with Gasteiger partial charge in [0.1, 0.15) is 5.52 Å². The summed E-state index contributed by atoms with van der Waals surface area (Å²) in [5.41, 5.74) is 2.93. The van der Waals surface area contributed by atoms with E-state index in [4.69, 9.17) is 0 Å². The number of rotatable bonds is 4. The van der Waals surface area contributed by atoms with Gasteiger partial charge in [0, 0.05) is 0 Å². The molecule has 21 heavy (non-hydrogen) atoms. The first-order chi connectivity index (χ1) is 10.2. The fraction of sp³-hybridized carbons (Fsp3) is 0.125. The molecule has 5 nitrogen and oxygen atoms in total. The van der Waals surface area contributed by atoms with E-state index in [1.807, 2.05) is 30.3 Å². The molecule has 0 saturated carbocycles. The Hall–Kier alpha value is -2.66. The first-order valence-electron chi connectivity index (χ1n) is 6.69. The second-order valence-corrected chi connectivity index (χ2v) is 4.78. The number of H-pyrrole nitrogens is 1. The molecule has 2 aromatic carbocycles. The van der Waals surface area contributed by atoms with Crippen LogP contribution in [-0.4, -0.2) is 21.0 Å². The van der Waals surface area contributed by atoms with Crippen molar-refractivity contribution in [2.75, 3.05) is 5.32 Å². The van der Waals surface area contributed by atoms with Crippen LogP contribution < -0.4 is 5.32 Å². The number of carbonyl (C=O) groups is 1. The van der Waals surface area contributed by atoms with Crippen molar-refractivity contribution in [2.24, 2.45) is 0 Å². The lowest BCUT2D eigenvalue weighted by Crippen LogP contribution is -2.15. The normalized spacial score (nSPS) is 12.2. The van der Waals surface area contributed by atoms with Crippen LogP contribution in [0, 0.1) is 0 Å². The zero-order valence-electron chi connectivity index (χ0n) is 11.3. The van der Waals surface area contributed by atoms with E-state index in [0.717, 1.165) is 11.1 Å². The van der Waals surface area contributed by atoms with E-state index in [1.165, 1.54) is 0 Å². The Morgan fingerprint density at radius 3 is 2.81 bits per heavy atom. The SMILES string of the molecule is O=C(CC(O)c1ccccc1)Nc1cccc2[nH]cnc12. The predicted octanol–water partition coefficient (Wildman–Crippen LogP) is 2.63. The zero-order valence-corrected chi connectivity index (χ0v) is 11.3. The van der Waals surface area contributed by atoms with Gasteiger partial charge in [0.25, 0.3) is 0 Å². The number of aromatic nitrogens is 2. The van der Waals surface area contributed by atoms with Crippen LogP contribution in [0.15, 0.2) is 54.9 Å².